The predicted molar refractivity (Wildman–Crippen MR) is 102 cm³/mol. The third-order valence-corrected chi connectivity index (χ3v) is 5.64. The zero-order chi connectivity index (χ0) is 19.6. The number of rotatable bonds is 5. The molecule has 0 fully saturated rings. The Hall–Kier alpha value is -2.93. The van der Waals surface area contributed by atoms with Crippen LogP contribution < -0.4 is 5.32 Å². The number of carboxylic acids is 1. The van der Waals surface area contributed by atoms with Crippen molar-refractivity contribution in [3.8, 4) is 11.1 Å². The van der Waals surface area contributed by atoms with Gasteiger partial charge in [0.05, 0.1) is 4.90 Å². The molecule has 0 bridgehead atoms. The topological polar surface area (TPSA) is 101 Å². The van der Waals surface area contributed by atoms with Crippen LogP contribution in [0.25, 0.3) is 11.1 Å². The first-order valence-corrected chi connectivity index (χ1v) is 10.3. The Kier molecular flexibility index (Phi) is 5.14. The van der Waals surface area contributed by atoms with Gasteiger partial charge in [-0.3, -0.25) is 4.79 Å². The van der Waals surface area contributed by atoms with E-state index in [4.69, 9.17) is 5.11 Å². The molecule has 1 amide bonds. The predicted octanol–water partition coefficient (Wildman–Crippen LogP) is 3.26. The maximum atomic E-state index is 12.3. The van der Waals surface area contributed by atoms with Crippen LogP contribution in [-0.2, 0) is 19.4 Å². The van der Waals surface area contributed by atoms with E-state index in [2.05, 4.69) is 5.32 Å². The Balaban J connectivity index is 1.75. The number of carbonyl (C=O) groups is 2. The molecule has 2 aromatic carbocycles. The first-order chi connectivity index (χ1) is 12.8. The molecule has 2 N–H and O–H groups in total. The van der Waals surface area contributed by atoms with E-state index in [0.717, 1.165) is 17.4 Å². The molecular formula is C20H19NO5S. The van der Waals surface area contributed by atoms with Crippen LogP contribution in [0.2, 0.25) is 0 Å². The fraction of sp³-hybridized carbons (Fsp3) is 0.200. The molecule has 2 aromatic rings. The molecule has 0 heterocycles. The van der Waals surface area contributed by atoms with Crippen molar-refractivity contribution in [2.45, 2.75) is 24.2 Å². The number of hydrogen-bond donors (Lipinski definition) is 2. The van der Waals surface area contributed by atoms with Gasteiger partial charge in [0, 0.05) is 23.1 Å². The van der Waals surface area contributed by atoms with Crippen molar-refractivity contribution < 1.29 is 23.1 Å². The van der Waals surface area contributed by atoms with E-state index < -0.39 is 15.8 Å². The Labute approximate surface area is 157 Å². The maximum absolute atomic E-state index is 12.3. The second-order valence-corrected chi connectivity index (χ2v) is 8.46. The summed E-state index contributed by atoms with van der Waals surface area (Å²) in [7, 11) is -3.23. The molecule has 0 atom stereocenters. The molecule has 0 saturated carbocycles. The van der Waals surface area contributed by atoms with Crippen LogP contribution in [0.3, 0.4) is 0 Å². The molecule has 0 saturated heterocycles. The Morgan fingerprint density at radius 2 is 1.41 bits per heavy atom. The van der Waals surface area contributed by atoms with E-state index in [1.54, 1.807) is 36.4 Å². The van der Waals surface area contributed by atoms with Crippen molar-refractivity contribution in [1.29, 1.82) is 0 Å². The average molecular weight is 385 g/mol. The zero-order valence-corrected chi connectivity index (χ0v) is 15.5. The third kappa shape index (κ3) is 4.25. The van der Waals surface area contributed by atoms with Crippen LogP contribution in [0.4, 0.5) is 5.69 Å². The Morgan fingerprint density at radius 1 is 0.889 bits per heavy atom. The van der Waals surface area contributed by atoms with E-state index in [1.165, 1.54) is 0 Å². The van der Waals surface area contributed by atoms with Gasteiger partial charge >= 0.3 is 5.97 Å². The lowest BCUT2D eigenvalue weighted by molar-refractivity contribution is -0.133. The van der Waals surface area contributed by atoms with E-state index in [1.807, 2.05) is 12.1 Å². The molecule has 0 aromatic heterocycles. The molecule has 0 radical (unpaired) electrons. The number of amides is 1. The summed E-state index contributed by atoms with van der Waals surface area (Å²) in [6, 6.07) is 13.7. The average Bonchev–Trinajstić information content (AvgIpc) is 3.12. The molecule has 0 aliphatic heterocycles. The number of hydrogen-bond acceptors (Lipinski definition) is 4. The van der Waals surface area contributed by atoms with Gasteiger partial charge in [0.2, 0.25) is 0 Å². The van der Waals surface area contributed by atoms with Crippen molar-refractivity contribution in [1.82, 2.24) is 0 Å². The standard InChI is InChI=1S/C20H19NO5S/c1-27(25,26)16-11-7-14(8-12-16)13-5-9-15(10-6-13)21-19(22)17-3-2-4-18(17)20(23)24/h5-12H,2-4H2,1H3,(H,21,22)(H,23,24). The molecule has 140 valence electrons. The second-order valence-electron chi connectivity index (χ2n) is 6.44. The largest absolute Gasteiger partial charge is 0.478 e. The Bertz CT molecular complexity index is 1020. The molecule has 1 aliphatic carbocycles. The smallest absolute Gasteiger partial charge is 0.332 e. The number of carbonyl (C=O) groups excluding carboxylic acids is 1. The summed E-state index contributed by atoms with van der Waals surface area (Å²) in [5.74, 6) is -1.42. The van der Waals surface area contributed by atoms with Crippen LogP contribution in [0.15, 0.2) is 64.6 Å². The lowest BCUT2D eigenvalue weighted by atomic mass is 10.1. The molecule has 27 heavy (non-hydrogen) atoms. The summed E-state index contributed by atoms with van der Waals surface area (Å²) in [5, 5.41) is 11.9. The first kappa shape index (κ1) is 18.8. The monoisotopic (exact) mass is 385 g/mol. The summed E-state index contributed by atoms with van der Waals surface area (Å²) in [6.45, 7) is 0. The minimum absolute atomic E-state index is 0.190. The van der Waals surface area contributed by atoms with Gasteiger partial charge in [0.25, 0.3) is 5.91 Å². The van der Waals surface area contributed by atoms with Gasteiger partial charge < -0.3 is 10.4 Å². The summed E-state index contributed by atoms with van der Waals surface area (Å²) in [4.78, 5) is 23.8. The molecule has 6 nitrogen and oxygen atoms in total. The van der Waals surface area contributed by atoms with Crippen molar-refractivity contribution in [3.63, 3.8) is 0 Å². The van der Waals surface area contributed by atoms with Crippen molar-refractivity contribution in [2.75, 3.05) is 11.6 Å². The fourth-order valence-electron chi connectivity index (χ4n) is 3.08. The lowest BCUT2D eigenvalue weighted by Gasteiger charge is -2.09. The van der Waals surface area contributed by atoms with E-state index in [9.17, 15) is 18.0 Å². The quantitative estimate of drug-likeness (QED) is 0.823. The van der Waals surface area contributed by atoms with E-state index >= 15 is 0 Å². The van der Waals surface area contributed by atoms with Gasteiger partial charge in [-0.15, -0.1) is 0 Å². The minimum atomic E-state index is -3.23. The summed E-state index contributed by atoms with van der Waals surface area (Å²) < 4.78 is 23.0. The van der Waals surface area contributed by atoms with Gasteiger partial charge in [-0.1, -0.05) is 24.3 Å². The van der Waals surface area contributed by atoms with Crippen LogP contribution in [0.5, 0.6) is 0 Å². The van der Waals surface area contributed by atoms with Gasteiger partial charge in [-0.25, -0.2) is 13.2 Å². The zero-order valence-electron chi connectivity index (χ0n) is 14.7. The number of carboxylic acid groups (broad SMARTS) is 1. The van der Waals surface area contributed by atoms with Crippen LogP contribution in [0.1, 0.15) is 19.3 Å². The summed E-state index contributed by atoms with van der Waals surface area (Å²) >= 11 is 0. The molecular weight excluding hydrogens is 366 g/mol. The normalized spacial score (nSPS) is 14.3. The van der Waals surface area contributed by atoms with E-state index in [0.29, 0.717) is 30.5 Å². The van der Waals surface area contributed by atoms with E-state index in [-0.39, 0.29) is 16.4 Å². The minimum Gasteiger partial charge on any atom is -0.478 e. The van der Waals surface area contributed by atoms with Gasteiger partial charge in [-0.05, 0) is 54.7 Å². The van der Waals surface area contributed by atoms with Crippen molar-refractivity contribution in [3.05, 3.63) is 59.7 Å². The number of anilines is 1. The number of aliphatic carboxylic acids is 1. The number of benzene rings is 2. The van der Waals surface area contributed by atoms with Crippen molar-refractivity contribution in [2.24, 2.45) is 0 Å². The Morgan fingerprint density at radius 3 is 1.93 bits per heavy atom. The molecule has 3 rings (SSSR count). The van der Waals surface area contributed by atoms with Gasteiger partial charge in [-0.2, -0.15) is 0 Å². The third-order valence-electron chi connectivity index (χ3n) is 4.51. The molecule has 0 unspecified atom stereocenters. The molecule has 7 heteroatoms. The van der Waals surface area contributed by atoms with Crippen molar-refractivity contribution >= 4 is 27.4 Å². The second kappa shape index (κ2) is 7.36. The highest BCUT2D eigenvalue weighted by atomic mass is 32.2. The molecule has 1 aliphatic rings. The highest BCUT2D eigenvalue weighted by Crippen LogP contribution is 2.28. The van der Waals surface area contributed by atoms with Crippen LogP contribution >= 0.6 is 0 Å². The van der Waals surface area contributed by atoms with Gasteiger partial charge in [0.15, 0.2) is 9.84 Å². The highest BCUT2D eigenvalue weighted by Gasteiger charge is 2.25. The van der Waals surface area contributed by atoms with Crippen LogP contribution in [0, 0.1) is 0 Å². The fourth-order valence-corrected chi connectivity index (χ4v) is 3.71. The summed E-state index contributed by atoms with van der Waals surface area (Å²) in [6.07, 6.45) is 2.72. The molecule has 0 spiro atoms. The first-order valence-electron chi connectivity index (χ1n) is 8.43. The lowest BCUT2D eigenvalue weighted by Crippen LogP contribution is -2.16. The SMILES string of the molecule is CS(=O)(=O)c1ccc(-c2ccc(NC(=O)C3=C(C(=O)O)CCC3)cc2)cc1. The van der Waals surface area contributed by atoms with Crippen LogP contribution in [-0.4, -0.2) is 31.7 Å². The number of nitrogens with one attached hydrogen (secondary N) is 1. The van der Waals surface area contributed by atoms with Gasteiger partial charge in [0.1, 0.15) is 0 Å². The number of sulfone groups is 1. The maximum Gasteiger partial charge on any atom is 0.332 e. The highest BCUT2D eigenvalue weighted by molar-refractivity contribution is 7.90. The summed E-state index contributed by atoms with van der Waals surface area (Å²) in [5.41, 5.74) is 2.82.